The van der Waals surface area contributed by atoms with Gasteiger partial charge in [0, 0.05) is 36.9 Å². The van der Waals surface area contributed by atoms with E-state index in [4.69, 9.17) is 15.0 Å². The maximum absolute atomic E-state index is 5.25. The summed E-state index contributed by atoms with van der Waals surface area (Å²) in [6.45, 7) is 0. The van der Waals surface area contributed by atoms with Gasteiger partial charge in [-0.05, 0) is 74.1 Å². The van der Waals surface area contributed by atoms with Gasteiger partial charge in [0.15, 0.2) is 17.5 Å². The van der Waals surface area contributed by atoms with Crippen LogP contribution in [0.1, 0.15) is 0 Å². The Morgan fingerprint density at radius 1 is 0.275 bits per heavy atom. The minimum atomic E-state index is 0.648. The normalized spacial score (nSPS) is 11.5. The first-order valence-corrected chi connectivity index (χ1v) is 17.9. The summed E-state index contributed by atoms with van der Waals surface area (Å²) in [6.07, 6.45) is 0. The lowest BCUT2D eigenvalue weighted by Crippen LogP contribution is -2.01. The van der Waals surface area contributed by atoms with Crippen molar-refractivity contribution in [3.05, 3.63) is 176 Å². The minimum absolute atomic E-state index is 0.648. The molecule has 0 spiro atoms. The lowest BCUT2D eigenvalue weighted by molar-refractivity contribution is 1.08. The summed E-state index contributed by atoms with van der Waals surface area (Å²) in [6, 6.07) is 62.1. The molecule has 10 rings (SSSR count). The first kappa shape index (κ1) is 29.4. The van der Waals surface area contributed by atoms with Crippen LogP contribution in [0.2, 0.25) is 0 Å². The zero-order valence-corrected chi connectivity index (χ0v) is 28.3. The predicted molar refractivity (Wildman–Crippen MR) is 215 cm³/mol. The van der Waals surface area contributed by atoms with Gasteiger partial charge < -0.3 is 0 Å². The molecule has 0 saturated carbocycles. The molecule has 2 heterocycles. The first-order valence-electron chi connectivity index (χ1n) is 17.1. The second-order valence-corrected chi connectivity index (χ2v) is 13.8. The summed E-state index contributed by atoms with van der Waals surface area (Å²) >= 11 is 1.85. The Morgan fingerprint density at radius 2 is 0.706 bits per heavy atom. The fraction of sp³-hybridized carbons (Fsp3) is 0. The molecule has 0 saturated heterocycles. The standard InChI is InChI=1S/C47H29N3S/c1-3-13-30(14-4-1)33-24-26-40(37-19-9-7-17-35(33)37)46-48-45(31-15-5-2-6-16-31)49-47(50-46)41-27-25-34(36-18-8-10-20-38(36)41)32-23-28-44-42(29-32)39-21-11-12-22-43(39)51-44/h1-29H. The topological polar surface area (TPSA) is 38.7 Å². The van der Waals surface area contributed by atoms with Gasteiger partial charge in [0.2, 0.25) is 0 Å². The molecule has 0 radical (unpaired) electrons. The largest absolute Gasteiger partial charge is 0.208 e. The third kappa shape index (κ3) is 5.08. The summed E-state index contributed by atoms with van der Waals surface area (Å²) in [5, 5.41) is 7.12. The summed E-state index contributed by atoms with van der Waals surface area (Å²) < 4.78 is 2.61. The molecule has 10 aromatic rings. The van der Waals surface area contributed by atoms with Crippen molar-refractivity contribution in [1.82, 2.24) is 15.0 Å². The van der Waals surface area contributed by atoms with Gasteiger partial charge in [0.1, 0.15) is 0 Å². The third-order valence-electron chi connectivity index (χ3n) is 9.77. The highest BCUT2D eigenvalue weighted by Crippen LogP contribution is 2.41. The number of thiophene rings is 1. The van der Waals surface area contributed by atoms with Gasteiger partial charge in [0.05, 0.1) is 0 Å². The lowest BCUT2D eigenvalue weighted by Gasteiger charge is -2.15. The number of hydrogen-bond acceptors (Lipinski definition) is 4. The first-order chi connectivity index (χ1) is 25.3. The van der Waals surface area contributed by atoms with Crippen molar-refractivity contribution in [3.8, 4) is 56.4 Å². The SMILES string of the molecule is c1ccc(-c2nc(-c3ccc(-c4ccccc4)c4ccccc34)nc(-c3ccc(-c4ccc5sc6ccccc6c5c4)c4ccccc34)n2)cc1. The van der Waals surface area contributed by atoms with Crippen molar-refractivity contribution in [1.29, 1.82) is 0 Å². The molecule has 0 bridgehead atoms. The monoisotopic (exact) mass is 667 g/mol. The smallest absolute Gasteiger partial charge is 0.164 e. The van der Waals surface area contributed by atoms with E-state index in [2.05, 4.69) is 158 Å². The van der Waals surface area contributed by atoms with Crippen LogP contribution in [0.4, 0.5) is 0 Å². The Balaban J connectivity index is 1.17. The average Bonchev–Trinajstić information content (AvgIpc) is 3.58. The van der Waals surface area contributed by atoms with Crippen LogP contribution in [-0.4, -0.2) is 15.0 Å². The van der Waals surface area contributed by atoms with Crippen LogP contribution < -0.4 is 0 Å². The Labute approximate surface area is 299 Å². The summed E-state index contributed by atoms with van der Waals surface area (Å²) in [4.78, 5) is 15.5. The number of benzene rings is 8. The molecular formula is C47H29N3S. The van der Waals surface area contributed by atoms with Crippen molar-refractivity contribution in [2.45, 2.75) is 0 Å². The molecule has 0 N–H and O–H groups in total. The molecule has 3 nitrogen and oxygen atoms in total. The van der Waals surface area contributed by atoms with E-state index >= 15 is 0 Å². The quantitative estimate of drug-likeness (QED) is 0.183. The fourth-order valence-corrected chi connectivity index (χ4v) is 8.42. The molecular weight excluding hydrogens is 639 g/mol. The van der Waals surface area contributed by atoms with E-state index in [1.54, 1.807) is 0 Å². The van der Waals surface area contributed by atoms with Crippen molar-refractivity contribution in [2.75, 3.05) is 0 Å². The van der Waals surface area contributed by atoms with E-state index in [0.29, 0.717) is 17.5 Å². The molecule has 238 valence electrons. The molecule has 0 atom stereocenters. The van der Waals surface area contributed by atoms with Crippen molar-refractivity contribution in [3.63, 3.8) is 0 Å². The molecule has 0 unspecified atom stereocenters. The van der Waals surface area contributed by atoms with Crippen molar-refractivity contribution < 1.29 is 0 Å². The molecule has 8 aromatic carbocycles. The Bertz CT molecular complexity index is 2910. The minimum Gasteiger partial charge on any atom is -0.208 e. The van der Waals surface area contributed by atoms with Crippen LogP contribution in [0.5, 0.6) is 0 Å². The number of nitrogens with zero attached hydrogens (tertiary/aromatic N) is 3. The highest BCUT2D eigenvalue weighted by molar-refractivity contribution is 7.25. The van der Waals surface area contributed by atoms with Gasteiger partial charge in [-0.25, -0.2) is 15.0 Å². The van der Waals surface area contributed by atoms with Crippen molar-refractivity contribution >= 4 is 53.1 Å². The van der Waals surface area contributed by atoms with E-state index < -0.39 is 0 Å². The number of hydrogen-bond donors (Lipinski definition) is 0. The van der Waals surface area contributed by atoms with Gasteiger partial charge in [-0.15, -0.1) is 11.3 Å². The van der Waals surface area contributed by atoms with Crippen LogP contribution in [-0.2, 0) is 0 Å². The van der Waals surface area contributed by atoms with Crippen LogP contribution >= 0.6 is 11.3 Å². The van der Waals surface area contributed by atoms with Crippen molar-refractivity contribution in [2.24, 2.45) is 0 Å². The number of rotatable bonds is 5. The summed E-state index contributed by atoms with van der Waals surface area (Å²) in [5.74, 6) is 1.95. The Hall–Kier alpha value is -6.49. The number of fused-ring (bicyclic) bond motifs is 5. The second-order valence-electron chi connectivity index (χ2n) is 12.8. The Morgan fingerprint density at radius 3 is 1.31 bits per heavy atom. The van der Waals surface area contributed by atoms with E-state index in [1.165, 1.54) is 42.4 Å². The van der Waals surface area contributed by atoms with Crippen LogP contribution in [0.25, 0.3) is 98.1 Å². The average molecular weight is 668 g/mol. The van der Waals surface area contributed by atoms with E-state index in [9.17, 15) is 0 Å². The maximum atomic E-state index is 5.25. The van der Waals surface area contributed by atoms with E-state index in [0.717, 1.165) is 38.2 Å². The summed E-state index contributed by atoms with van der Waals surface area (Å²) in [7, 11) is 0. The zero-order chi connectivity index (χ0) is 33.7. The third-order valence-corrected chi connectivity index (χ3v) is 10.9. The molecule has 51 heavy (non-hydrogen) atoms. The van der Waals surface area contributed by atoms with Crippen LogP contribution in [0.15, 0.2) is 176 Å². The lowest BCUT2D eigenvalue weighted by atomic mass is 9.93. The molecule has 2 aromatic heterocycles. The predicted octanol–water partition coefficient (Wildman–Crippen LogP) is 12.9. The van der Waals surface area contributed by atoms with Crippen LogP contribution in [0, 0.1) is 0 Å². The van der Waals surface area contributed by atoms with Gasteiger partial charge >= 0.3 is 0 Å². The molecule has 0 aliphatic carbocycles. The Kier molecular flexibility index (Phi) is 7.00. The van der Waals surface area contributed by atoms with Crippen LogP contribution in [0.3, 0.4) is 0 Å². The van der Waals surface area contributed by atoms with E-state index in [1.807, 2.05) is 29.5 Å². The van der Waals surface area contributed by atoms with E-state index in [-0.39, 0.29) is 0 Å². The van der Waals surface area contributed by atoms with Gasteiger partial charge in [0.25, 0.3) is 0 Å². The molecule has 0 amide bonds. The maximum Gasteiger partial charge on any atom is 0.164 e. The molecule has 4 heteroatoms. The highest BCUT2D eigenvalue weighted by atomic mass is 32.1. The second kappa shape index (κ2) is 12.1. The number of aromatic nitrogens is 3. The van der Waals surface area contributed by atoms with Gasteiger partial charge in [-0.1, -0.05) is 146 Å². The van der Waals surface area contributed by atoms with Gasteiger partial charge in [-0.3, -0.25) is 0 Å². The van der Waals surface area contributed by atoms with Gasteiger partial charge in [-0.2, -0.15) is 0 Å². The molecule has 0 aliphatic rings. The highest BCUT2D eigenvalue weighted by Gasteiger charge is 2.18. The molecule has 0 fully saturated rings. The summed E-state index contributed by atoms with van der Waals surface area (Å²) in [5.41, 5.74) is 7.64. The zero-order valence-electron chi connectivity index (χ0n) is 27.5. The fourth-order valence-electron chi connectivity index (χ4n) is 7.34. The molecule has 0 aliphatic heterocycles.